The van der Waals surface area contributed by atoms with Gasteiger partial charge in [0.1, 0.15) is 5.82 Å². The van der Waals surface area contributed by atoms with Crippen LogP contribution in [0.25, 0.3) is 0 Å². The maximum absolute atomic E-state index is 12.0. The Labute approximate surface area is 102 Å². The number of hydrogen-bond donors (Lipinski definition) is 1. The number of nitrogens with zero attached hydrogens (tertiary/aromatic N) is 2. The van der Waals surface area contributed by atoms with Crippen LogP contribution in [0.3, 0.4) is 0 Å². The van der Waals surface area contributed by atoms with Crippen molar-refractivity contribution in [1.29, 1.82) is 0 Å². The highest BCUT2D eigenvalue weighted by molar-refractivity contribution is 5.94. The average Bonchev–Trinajstić information content (AvgIpc) is 2.82. The molecule has 1 N–H and O–H groups in total. The number of aromatic nitrogens is 1. The first-order valence-corrected chi connectivity index (χ1v) is 5.56. The molecule has 7 heteroatoms. The second-order valence-corrected chi connectivity index (χ2v) is 4.05. The van der Waals surface area contributed by atoms with E-state index >= 15 is 0 Å². The standard InChI is InChI=1S/C11H12F3N3O/c12-11(13,14)10(18)16-8-3-4-9(15-7-8)17-5-1-2-6-17/h3-4,7H,1-2,5-6H2,(H,16,18). The van der Waals surface area contributed by atoms with E-state index < -0.39 is 12.1 Å². The minimum atomic E-state index is -4.88. The number of anilines is 2. The number of hydrogen-bond acceptors (Lipinski definition) is 3. The summed E-state index contributed by atoms with van der Waals surface area (Å²) in [5, 5.41) is 1.75. The number of pyridine rings is 1. The third kappa shape index (κ3) is 2.91. The van der Waals surface area contributed by atoms with Gasteiger partial charge in [0.25, 0.3) is 0 Å². The Morgan fingerprint density at radius 1 is 1.28 bits per heavy atom. The molecule has 1 aliphatic heterocycles. The minimum Gasteiger partial charge on any atom is -0.357 e. The predicted octanol–water partition coefficient (Wildman–Crippen LogP) is 2.18. The summed E-state index contributed by atoms with van der Waals surface area (Å²) in [4.78, 5) is 16.8. The Morgan fingerprint density at radius 2 is 1.94 bits per heavy atom. The lowest BCUT2D eigenvalue weighted by Gasteiger charge is -2.16. The molecular formula is C11H12F3N3O. The summed E-state index contributed by atoms with van der Waals surface area (Å²) in [5.74, 6) is -1.27. The molecule has 18 heavy (non-hydrogen) atoms. The van der Waals surface area contributed by atoms with Gasteiger partial charge in [0.2, 0.25) is 0 Å². The van der Waals surface area contributed by atoms with E-state index in [2.05, 4.69) is 9.88 Å². The van der Waals surface area contributed by atoms with Crippen LogP contribution in [0.2, 0.25) is 0 Å². The largest absolute Gasteiger partial charge is 0.471 e. The Bertz CT molecular complexity index is 424. The summed E-state index contributed by atoms with van der Waals surface area (Å²) in [5.41, 5.74) is 0.0419. The van der Waals surface area contributed by atoms with Gasteiger partial charge in [-0.15, -0.1) is 0 Å². The fourth-order valence-electron chi connectivity index (χ4n) is 1.80. The van der Waals surface area contributed by atoms with E-state index in [9.17, 15) is 18.0 Å². The minimum absolute atomic E-state index is 0.0419. The monoisotopic (exact) mass is 259 g/mol. The van der Waals surface area contributed by atoms with Crippen LogP contribution in [0.5, 0.6) is 0 Å². The Hall–Kier alpha value is -1.79. The molecule has 0 unspecified atom stereocenters. The van der Waals surface area contributed by atoms with E-state index in [-0.39, 0.29) is 5.69 Å². The second-order valence-electron chi connectivity index (χ2n) is 4.05. The van der Waals surface area contributed by atoms with Crippen LogP contribution in [-0.2, 0) is 4.79 Å². The van der Waals surface area contributed by atoms with Crippen molar-refractivity contribution in [2.24, 2.45) is 0 Å². The van der Waals surface area contributed by atoms with E-state index in [4.69, 9.17) is 0 Å². The molecule has 0 spiro atoms. The van der Waals surface area contributed by atoms with Gasteiger partial charge in [0.15, 0.2) is 0 Å². The third-order valence-corrected chi connectivity index (χ3v) is 2.69. The zero-order valence-corrected chi connectivity index (χ0v) is 9.50. The van der Waals surface area contributed by atoms with Gasteiger partial charge in [-0.05, 0) is 25.0 Å². The lowest BCUT2D eigenvalue weighted by atomic mass is 10.3. The number of carbonyl (C=O) groups excluding carboxylic acids is 1. The number of amides is 1. The van der Waals surface area contributed by atoms with Gasteiger partial charge in [-0.1, -0.05) is 0 Å². The third-order valence-electron chi connectivity index (χ3n) is 2.69. The molecule has 0 aliphatic carbocycles. The van der Waals surface area contributed by atoms with Gasteiger partial charge in [-0.25, -0.2) is 4.98 Å². The van der Waals surface area contributed by atoms with E-state index in [1.807, 2.05) is 0 Å². The first-order chi connectivity index (χ1) is 8.47. The first-order valence-electron chi connectivity index (χ1n) is 5.56. The molecule has 1 aliphatic rings. The summed E-state index contributed by atoms with van der Waals surface area (Å²) in [6.07, 6.45) is -1.46. The van der Waals surface area contributed by atoms with Crippen molar-refractivity contribution < 1.29 is 18.0 Å². The van der Waals surface area contributed by atoms with E-state index in [0.29, 0.717) is 0 Å². The summed E-state index contributed by atoms with van der Waals surface area (Å²) in [7, 11) is 0. The van der Waals surface area contributed by atoms with Gasteiger partial charge in [0.05, 0.1) is 11.9 Å². The van der Waals surface area contributed by atoms with Crippen LogP contribution in [0.4, 0.5) is 24.7 Å². The number of rotatable bonds is 2. The predicted molar refractivity (Wildman–Crippen MR) is 60.4 cm³/mol. The quantitative estimate of drug-likeness (QED) is 0.885. The zero-order valence-electron chi connectivity index (χ0n) is 9.50. The van der Waals surface area contributed by atoms with Crippen molar-refractivity contribution in [1.82, 2.24) is 4.98 Å². The van der Waals surface area contributed by atoms with E-state index in [1.165, 1.54) is 12.3 Å². The molecule has 1 fully saturated rings. The average molecular weight is 259 g/mol. The topological polar surface area (TPSA) is 45.2 Å². The fourth-order valence-corrected chi connectivity index (χ4v) is 1.80. The van der Waals surface area contributed by atoms with Crippen LogP contribution in [0.15, 0.2) is 18.3 Å². The van der Waals surface area contributed by atoms with Crippen molar-refractivity contribution in [3.8, 4) is 0 Å². The number of alkyl halides is 3. The van der Waals surface area contributed by atoms with E-state index in [0.717, 1.165) is 31.7 Å². The summed E-state index contributed by atoms with van der Waals surface area (Å²) < 4.78 is 36.1. The highest BCUT2D eigenvalue weighted by atomic mass is 19.4. The van der Waals surface area contributed by atoms with Gasteiger partial charge in [-0.2, -0.15) is 13.2 Å². The maximum atomic E-state index is 12.0. The Morgan fingerprint density at radius 3 is 2.44 bits per heavy atom. The fraction of sp³-hybridized carbons (Fsp3) is 0.455. The Kier molecular flexibility index (Phi) is 3.40. The van der Waals surface area contributed by atoms with Crippen LogP contribution in [-0.4, -0.2) is 30.2 Å². The molecule has 1 amide bonds. The molecule has 98 valence electrons. The number of nitrogens with one attached hydrogen (secondary N) is 1. The molecular weight excluding hydrogens is 247 g/mol. The van der Waals surface area contributed by atoms with Crippen molar-refractivity contribution >= 4 is 17.4 Å². The van der Waals surface area contributed by atoms with Crippen molar-refractivity contribution in [2.45, 2.75) is 19.0 Å². The molecule has 0 atom stereocenters. The molecule has 1 aromatic rings. The summed E-state index contributed by atoms with van der Waals surface area (Å²) in [6.45, 7) is 1.81. The normalized spacial score (nSPS) is 15.8. The molecule has 0 aromatic carbocycles. The smallest absolute Gasteiger partial charge is 0.357 e. The molecule has 0 saturated carbocycles. The lowest BCUT2D eigenvalue weighted by molar-refractivity contribution is -0.167. The van der Waals surface area contributed by atoms with Gasteiger partial charge in [-0.3, -0.25) is 4.79 Å². The summed E-state index contributed by atoms with van der Waals surface area (Å²) >= 11 is 0. The molecule has 4 nitrogen and oxygen atoms in total. The zero-order chi connectivity index (χ0) is 13.2. The molecule has 2 rings (SSSR count). The Balaban J connectivity index is 2.01. The summed E-state index contributed by atoms with van der Waals surface area (Å²) in [6, 6.07) is 3.03. The number of halogens is 3. The SMILES string of the molecule is O=C(Nc1ccc(N2CCCC2)nc1)C(F)(F)F. The molecule has 1 saturated heterocycles. The van der Waals surface area contributed by atoms with Gasteiger partial charge in [0, 0.05) is 13.1 Å². The highest BCUT2D eigenvalue weighted by Gasteiger charge is 2.38. The van der Waals surface area contributed by atoms with Crippen molar-refractivity contribution in [3.05, 3.63) is 18.3 Å². The van der Waals surface area contributed by atoms with E-state index in [1.54, 1.807) is 11.4 Å². The first kappa shape index (κ1) is 12.7. The molecule has 0 bridgehead atoms. The highest BCUT2D eigenvalue weighted by Crippen LogP contribution is 2.21. The van der Waals surface area contributed by atoms with Crippen molar-refractivity contribution in [2.75, 3.05) is 23.3 Å². The maximum Gasteiger partial charge on any atom is 0.471 e. The molecule has 0 radical (unpaired) electrons. The second kappa shape index (κ2) is 4.83. The molecule has 1 aromatic heterocycles. The van der Waals surface area contributed by atoms with Crippen LogP contribution in [0.1, 0.15) is 12.8 Å². The number of carbonyl (C=O) groups is 1. The molecule has 2 heterocycles. The van der Waals surface area contributed by atoms with Crippen LogP contribution < -0.4 is 10.2 Å². The lowest BCUT2D eigenvalue weighted by Crippen LogP contribution is -2.30. The van der Waals surface area contributed by atoms with Gasteiger partial charge >= 0.3 is 12.1 Å². The van der Waals surface area contributed by atoms with Crippen LogP contribution in [0, 0.1) is 0 Å². The van der Waals surface area contributed by atoms with Gasteiger partial charge < -0.3 is 10.2 Å². The van der Waals surface area contributed by atoms with Crippen LogP contribution >= 0.6 is 0 Å². The van der Waals surface area contributed by atoms with Crippen molar-refractivity contribution in [3.63, 3.8) is 0 Å².